The van der Waals surface area contributed by atoms with Gasteiger partial charge in [-0.15, -0.1) is 0 Å². The lowest BCUT2D eigenvalue weighted by molar-refractivity contribution is -0.126. The van der Waals surface area contributed by atoms with Gasteiger partial charge in [0.25, 0.3) is 0 Å². The van der Waals surface area contributed by atoms with E-state index in [1.807, 2.05) is 0 Å². The molecule has 0 saturated carbocycles. The van der Waals surface area contributed by atoms with Crippen LogP contribution in [-0.4, -0.2) is 29.6 Å². The largest absolute Gasteiger partial charge is 0.346 e. The Bertz CT molecular complexity index is 210. The second kappa shape index (κ2) is 8.85. The van der Waals surface area contributed by atoms with E-state index < -0.39 is 0 Å². The quantitative estimate of drug-likeness (QED) is 0.650. The molecular formula is C10H19BrN2O2. The summed E-state index contributed by atoms with van der Waals surface area (Å²) >= 11 is 3.05. The van der Waals surface area contributed by atoms with Crippen LogP contribution in [0.15, 0.2) is 0 Å². The minimum absolute atomic E-state index is 0.0280. The van der Waals surface area contributed by atoms with E-state index >= 15 is 0 Å². The number of ketones is 1. The van der Waals surface area contributed by atoms with Crippen LogP contribution >= 0.6 is 15.9 Å². The van der Waals surface area contributed by atoms with Crippen LogP contribution in [0.2, 0.25) is 0 Å². The molecule has 0 aromatic carbocycles. The zero-order chi connectivity index (χ0) is 11.7. The molecule has 15 heavy (non-hydrogen) atoms. The van der Waals surface area contributed by atoms with E-state index in [2.05, 4.69) is 28.2 Å². The predicted molar refractivity (Wildman–Crippen MR) is 63.9 cm³/mol. The van der Waals surface area contributed by atoms with Crippen molar-refractivity contribution in [3.8, 4) is 0 Å². The Morgan fingerprint density at radius 1 is 1.47 bits per heavy atom. The predicted octanol–water partition coefficient (Wildman–Crippen LogP) is 0.974. The summed E-state index contributed by atoms with van der Waals surface area (Å²) in [4.78, 5) is 22.7. The summed E-state index contributed by atoms with van der Waals surface area (Å²) in [5.41, 5.74) is 5.32. The molecule has 0 fully saturated rings. The van der Waals surface area contributed by atoms with E-state index in [4.69, 9.17) is 5.73 Å². The first-order valence-electron chi connectivity index (χ1n) is 5.23. The normalized spacial score (nSPS) is 12.2. The number of unbranched alkanes of at least 4 members (excludes halogenated alkanes) is 1. The van der Waals surface area contributed by atoms with E-state index in [1.165, 1.54) is 0 Å². The molecule has 0 spiro atoms. The molecule has 3 N–H and O–H groups in total. The smallest absolute Gasteiger partial charge is 0.231 e. The molecule has 0 radical (unpaired) electrons. The van der Waals surface area contributed by atoms with Gasteiger partial charge in [0.2, 0.25) is 5.91 Å². The molecule has 1 atom stereocenters. The first kappa shape index (κ1) is 14.6. The Morgan fingerprint density at radius 2 is 2.13 bits per heavy atom. The number of hydrogen-bond acceptors (Lipinski definition) is 3. The first-order chi connectivity index (χ1) is 7.15. The van der Waals surface area contributed by atoms with Gasteiger partial charge in [0.05, 0.1) is 11.4 Å². The van der Waals surface area contributed by atoms with Crippen molar-refractivity contribution in [1.82, 2.24) is 5.32 Å². The number of alkyl halides is 1. The SMILES string of the molecule is CCCCC(NC(=O)CBr)C(=O)CCN. The van der Waals surface area contributed by atoms with Crippen molar-refractivity contribution in [2.75, 3.05) is 11.9 Å². The lowest BCUT2D eigenvalue weighted by Crippen LogP contribution is -2.42. The van der Waals surface area contributed by atoms with E-state index in [-0.39, 0.29) is 23.1 Å². The van der Waals surface area contributed by atoms with Gasteiger partial charge in [0.15, 0.2) is 5.78 Å². The first-order valence-corrected chi connectivity index (χ1v) is 6.36. The van der Waals surface area contributed by atoms with Gasteiger partial charge in [-0.1, -0.05) is 35.7 Å². The highest BCUT2D eigenvalue weighted by Gasteiger charge is 2.18. The van der Waals surface area contributed by atoms with E-state index in [0.717, 1.165) is 12.8 Å². The minimum atomic E-state index is -0.362. The fourth-order valence-electron chi connectivity index (χ4n) is 1.27. The van der Waals surface area contributed by atoms with Crippen molar-refractivity contribution < 1.29 is 9.59 Å². The zero-order valence-corrected chi connectivity index (χ0v) is 10.7. The maximum absolute atomic E-state index is 11.6. The Morgan fingerprint density at radius 3 is 2.60 bits per heavy atom. The second-order valence-corrected chi connectivity index (χ2v) is 3.96. The van der Waals surface area contributed by atoms with Gasteiger partial charge >= 0.3 is 0 Å². The van der Waals surface area contributed by atoms with Gasteiger partial charge in [-0.05, 0) is 13.0 Å². The zero-order valence-electron chi connectivity index (χ0n) is 9.09. The van der Waals surface area contributed by atoms with Crippen LogP contribution in [0.5, 0.6) is 0 Å². The molecule has 0 aliphatic rings. The maximum Gasteiger partial charge on any atom is 0.231 e. The third-order valence-electron chi connectivity index (χ3n) is 2.08. The second-order valence-electron chi connectivity index (χ2n) is 3.40. The van der Waals surface area contributed by atoms with Crippen molar-refractivity contribution in [2.24, 2.45) is 5.73 Å². The summed E-state index contributed by atoms with van der Waals surface area (Å²) in [6, 6.07) is -0.362. The fraction of sp³-hybridized carbons (Fsp3) is 0.800. The Balaban J connectivity index is 4.16. The van der Waals surface area contributed by atoms with Crippen LogP contribution in [0.1, 0.15) is 32.6 Å². The van der Waals surface area contributed by atoms with Crippen LogP contribution < -0.4 is 11.1 Å². The van der Waals surface area contributed by atoms with Crippen molar-refractivity contribution in [1.29, 1.82) is 0 Å². The Labute approximate surface area is 99.1 Å². The summed E-state index contributed by atoms with van der Waals surface area (Å²) in [5, 5.41) is 2.92. The van der Waals surface area contributed by atoms with Gasteiger partial charge in [0.1, 0.15) is 0 Å². The van der Waals surface area contributed by atoms with Crippen molar-refractivity contribution in [2.45, 2.75) is 38.6 Å². The van der Waals surface area contributed by atoms with Crippen LogP contribution in [0.25, 0.3) is 0 Å². The van der Waals surface area contributed by atoms with Crippen LogP contribution in [-0.2, 0) is 9.59 Å². The number of nitrogens with two attached hydrogens (primary N) is 1. The number of amides is 1. The molecule has 0 saturated heterocycles. The summed E-state index contributed by atoms with van der Waals surface area (Å²) in [5.74, 6) is -0.123. The van der Waals surface area contributed by atoms with Crippen LogP contribution in [0.3, 0.4) is 0 Å². The molecule has 0 aromatic heterocycles. The molecule has 0 rings (SSSR count). The molecular weight excluding hydrogens is 260 g/mol. The van der Waals surface area contributed by atoms with Crippen molar-refractivity contribution >= 4 is 27.6 Å². The highest BCUT2D eigenvalue weighted by atomic mass is 79.9. The number of hydrogen-bond donors (Lipinski definition) is 2. The minimum Gasteiger partial charge on any atom is -0.346 e. The summed E-state index contributed by atoms with van der Waals surface area (Å²) in [7, 11) is 0. The van der Waals surface area contributed by atoms with Gasteiger partial charge in [-0.2, -0.15) is 0 Å². The number of rotatable bonds is 8. The number of carbonyl (C=O) groups is 2. The number of Topliss-reactive ketones (excluding diaryl/α,β-unsaturated/α-hetero) is 1. The molecule has 88 valence electrons. The summed E-state index contributed by atoms with van der Waals surface area (Å²) in [6.07, 6.45) is 2.98. The highest BCUT2D eigenvalue weighted by Crippen LogP contribution is 2.04. The maximum atomic E-state index is 11.6. The molecule has 0 aromatic rings. The number of carbonyl (C=O) groups excluding carboxylic acids is 2. The van der Waals surface area contributed by atoms with E-state index in [9.17, 15) is 9.59 Å². The fourth-order valence-corrected chi connectivity index (χ4v) is 1.43. The topological polar surface area (TPSA) is 72.2 Å². The average molecular weight is 279 g/mol. The third kappa shape index (κ3) is 6.62. The highest BCUT2D eigenvalue weighted by molar-refractivity contribution is 9.09. The van der Waals surface area contributed by atoms with Gasteiger partial charge in [-0.3, -0.25) is 9.59 Å². The molecule has 0 aliphatic heterocycles. The van der Waals surface area contributed by atoms with E-state index in [1.54, 1.807) is 0 Å². The third-order valence-corrected chi connectivity index (χ3v) is 2.59. The molecule has 4 nitrogen and oxygen atoms in total. The van der Waals surface area contributed by atoms with E-state index in [0.29, 0.717) is 19.4 Å². The Hall–Kier alpha value is -0.420. The van der Waals surface area contributed by atoms with Crippen molar-refractivity contribution in [3.63, 3.8) is 0 Å². The summed E-state index contributed by atoms with van der Waals surface area (Å²) in [6.45, 7) is 2.39. The van der Waals surface area contributed by atoms with Gasteiger partial charge in [0, 0.05) is 6.42 Å². The standard InChI is InChI=1S/C10H19BrN2O2/c1-2-3-4-8(9(14)5-6-12)13-10(15)7-11/h8H,2-7,12H2,1H3,(H,13,15). The lowest BCUT2D eigenvalue weighted by Gasteiger charge is -2.16. The molecule has 0 aliphatic carbocycles. The molecule has 1 amide bonds. The van der Waals surface area contributed by atoms with Gasteiger partial charge in [-0.25, -0.2) is 0 Å². The number of nitrogens with one attached hydrogen (secondary N) is 1. The Kier molecular flexibility index (Phi) is 8.61. The lowest BCUT2D eigenvalue weighted by atomic mass is 10.0. The molecule has 1 unspecified atom stereocenters. The van der Waals surface area contributed by atoms with Crippen LogP contribution in [0, 0.1) is 0 Å². The van der Waals surface area contributed by atoms with Crippen LogP contribution in [0.4, 0.5) is 0 Å². The monoisotopic (exact) mass is 278 g/mol. The number of halogens is 1. The molecule has 0 heterocycles. The summed E-state index contributed by atoms with van der Waals surface area (Å²) < 4.78 is 0. The average Bonchev–Trinajstić information content (AvgIpc) is 2.24. The van der Waals surface area contributed by atoms with Crippen molar-refractivity contribution in [3.05, 3.63) is 0 Å². The molecule has 0 bridgehead atoms. The van der Waals surface area contributed by atoms with Gasteiger partial charge < -0.3 is 11.1 Å². The molecule has 5 heteroatoms.